The van der Waals surface area contributed by atoms with Crippen molar-refractivity contribution < 1.29 is 4.79 Å². The highest BCUT2D eigenvalue weighted by Gasteiger charge is 2.11. The standard InChI is InChI=1S/C20H31N7O/c28-20(17-7-6-10-19(15-17)27-16-24-25-26-27)23-12-5-4-11-21-13-14-22-18-8-2-1-3-9-18/h6-7,10,15-16,18,21-22H,1-5,8-9,11-14H2,(H,23,28). The quantitative estimate of drug-likeness (QED) is 0.509. The highest BCUT2D eigenvalue weighted by molar-refractivity contribution is 5.94. The van der Waals surface area contributed by atoms with E-state index >= 15 is 0 Å². The summed E-state index contributed by atoms with van der Waals surface area (Å²) in [5.74, 6) is -0.0698. The molecule has 1 aliphatic carbocycles. The van der Waals surface area contributed by atoms with Crippen LogP contribution in [0.1, 0.15) is 55.3 Å². The van der Waals surface area contributed by atoms with E-state index in [2.05, 4.69) is 31.5 Å². The van der Waals surface area contributed by atoms with Gasteiger partial charge in [0.1, 0.15) is 6.33 Å². The van der Waals surface area contributed by atoms with Crippen LogP contribution in [0.3, 0.4) is 0 Å². The predicted molar refractivity (Wildman–Crippen MR) is 108 cm³/mol. The second-order valence-corrected chi connectivity index (χ2v) is 7.31. The van der Waals surface area contributed by atoms with Crippen molar-refractivity contribution in [3.05, 3.63) is 36.2 Å². The van der Waals surface area contributed by atoms with Gasteiger partial charge in [0.25, 0.3) is 5.91 Å². The zero-order chi connectivity index (χ0) is 19.4. The third-order valence-electron chi connectivity index (χ3n) is 5.13. The van der Waals surface area contributed by atoms with E-state index in [9.17, 15) is 4.79 Å². The maximum Gasteiger partial charge on any atom is 0.251 e. The third-order valence-corrected chi connectivity index (χ3v) is 5.13. The van der Waals surface area contributed by atoms with Crippen LogP contribution in [-0.4, -0.2) is 58.3 Å². The molecule has 152 valence electrons. The molecule has 0 atom stereocenters. The van der Waals surface area contributed by atoms with Crippen LogP contribution < -0.4 is 16.0 Å². The maximum absolute atomic E-state index is 12.3. The number of nitrogens with one attached hydrogen (secondary N) is 3. The lowest BCUT2D eigenvalue weighted by atomic mass is 9.95. The zero-order valence-electron chi connectivity index (χ0n) is 16.4. The van der Waals surface area contributed by atoms with E-state index in [0.717, 1.165) is 44.2 Å². The van der Waals surface area contributed by atoms with Crippen LogP contribution in [-0.2, 0) is 0 Å². The molecule has 1 amide bonds. The first-order chi connectivity index (χ1) is 13.8. The molecule has 1 aromatic heterocycles. The summed E-state index contributed by atoms with van der Waals surface area (Å²) < 4.78 is 1.53. The molecule has 8 nitrogen and oxygen atoms in total. The Morgan fingerprint density at radius 2 is 1.93 bits per heavy atom. The van der Waals surface area contributed by atoms with Crippen LogP contribution in [0.4, 0.5) is 0 Å². The van der Waals surface area contributed by atoms with Crippen molar-refractivity contribution in [2.45, 2.75) is 51.0 Å². The number of benzene rings is 1. The fraction of sp³-hybridized carbons (Fsp3) is 0.600. The van der Waals surface area contributed by atoms with Crippen molar-refractivity contribution in [3.63, 3.8) is 0 Å². The smallest absolute Gasteiger partial charge is 0.251 e. The summed E-state index contributed by atoms with van der Waals surface area (Å²) in [5.41, 5.74) is 1.38. The Kier molecular flexibility index (Phi) is 8.39. The van der Waals surface area contributed by atoms with Gasteiger partial charge in [0.2, 0.25) is 0 Å². The SMILES string of the molecule is O=C(NCCCCNCCNC1CCCCC1)c1cccc(-n2cnnn2)c1. The summed E-state index contributed by atoms with van der Waals surface area (Å²) in [4.78, 5) is 12.3. The molecular formula is C20H31N7O. The molecule has 28 heavy (non-hydrogen) atoms. The van der Waals surface area contributed by atoms with Crippen LogP contribution in [0.15, 0.2) is 30.6 Å². The normalized spacial score (nSPS) is 14.9. The van der Waals surface area contributed by atoms with Gasteiger partial charge in [-0.2, -0.15) is 0 Å². The third kappa shape index (κ3) is 6.69. The van der Waals surface area contributed by atoms with Crippen molar-refractivity contribution in [2.24, 2.45) is 0 Å². The monoisotopic (exact) mass is 385 g/mol. The number of carbonyl (C=O) groups is 1. The van der Waals surface area contributed by atoms with Gasteiger partial charge in [0.05, 0.1) is 5.69 Å². The van der Waals surface area contributed by atoms with Gasteiger partial charge in [-0.1, -0.05) is 25.3 Å². The van der Waals surface area contributed by atoms with E-state index in [0.29, 0.717) is 12.1 Å². The molecule has 1 heterocycles. The van der Waals surface area contributed by atoms with Gasteiger partial charge < -0.3 is 16.0 Å². The van der Waals surface area contributed by atoms with Gasteiger partial charge in [-0.05, 0) is 60.9 Å². The second kappa shape index (κ2) is 11.5. The van der Waals surface area contributed by atoms with Gasteiger partial charge in [-0.15, -0.1) is 5.10 Å². The predicted octanol–water partition coefficient (Wildman–Crippen LogP) is 1.68. The highest BCUT2D eigenvalue weighted by Crippen LogP contribution is 2.16. The maximum atomic E-state index is 12.3. The molecule has 2 aromatic rings. The van der Waals surface area contributed by atoms with Crippen molar-refractivity contribution in [1.82, 2.24) is 36.2 Å². The van der Waals surface area contributed by atoms with E-state index in [1.807, 2.05) is 12.1 Å². The van der Waals surface area contributed by atoms with Gasteiger partial charge in [-0.25, -0.2) is 4.68 Å². The lowest BCUT2D eigenvalue weighted by molar-refractivity contribution is 0.0953. The summed E-state index contributed by atoms with van der Waals surface area (Å²) in [6.45, 7) is 3.71. The molecular weight excluding hydrogens is 354 g/mol. The van der Waals surface area contributed by atoms with E-state index in [-0.39, 0.29) is 5.91 Å². The number of hydrogen-bond donors (Lipinski definition) is 3. The Morgan fingerprint density at radius 1 is 1.07 bits per heavy atom. The summed E-state index contributed by atoms with van der Waals surface area (Å²) in [6.07, 6.45) is 10.3. The summed E-state index contributed by atoms with van der Waals surface area (Å²) in [5, 5.41) is 21.2. The Morgan fingerprint density at radius 3 is 2.75 bits per heavy atom. The Balaban J connectivity index is 1.23. The van der Waals surface area contributed by atoms with Gasteiger partial charge in [0.15, 0.2) is 0 Å². The summed E-state index contributed by atoms with van der Waals surface area (Å²) >= 11 is 0. The Bertz CT molecular complexity index is 698. The molecule has 0 unspecified atom stereocenters. The minimum atomic E-state index is -0.0698. The van der Waals surface area contributed by atoms with E-state index in [1.54, 1.807) is 12.1 Å². The number of amides is 1. The largest absolute Gasteiger partial charge is 0.352 e. The molecule has 0 radical (unpaired) electrons. The van der Waals surface area contributed by atoms with Gasteiger partial charge in [0, 0.05) is 31.2 Å². The Labute approximate surface area is 166 Å². The van der Waals surface area contributed by atoms with Crippen molar-refractivity contribution >= 4 is 5.91 Å². The number of aromatic nitrogens is 4. The van der Waals surface area contributed by atoms with Crippen molar-refractivity contribution in [1.29, 1.82) is 0 Å². The fourth-order valence-corrected chi connectivity index (χ4v) is 3.54. The molecule has 0 saturated heterocycles. The topological polar surface area (TPSA) is 96.8 Å². The minimum absolute atomic E-state index is 0.0698. The molecule has 1 saturated carbocycles. The summed E-state index contributed by atoms with van der Waals surface area (Å²) in [6, 6.07) is 8.00. The number of tetrazole rings is 1. The number of carbonyl (C=O) groups excluding carboxylic acids is 1. The molecule has 8 heteroatoms. The van der Waals surface area contributed by atoms with Crippen molar-refractivity contribution in [3.8, 4) is 5.69 Å². The van der Waals surface area contributed by atoms with Crippen LogP contribution in [0.25, 0.3) is 5.69 Å². The van der Waals surface area contributed by atoms with Crippen LogP contribution >= 0.6 is 0 Å². The van der Waals surface area contributed by atoms with Gasteiger partial charge in [-0.3, -0.25) is 4.79 Å². The average Bonchev–Trinajstić information content (AvgIpc) is 3.28. The molecule has 1 aliphatic rings. The lowest BCUT2D eigenvalue weighted by Gasteiger charge is -2.22. The highest BCUT2D eigenvalue weighted by atomic mass is 16.1. The van der Waals surface area contributed by atoms with Crippen LogP contribution in [0.5, 0.6) is 0 Å². The molecule has 0 bridgehead atoms. The number of hydrogen-bond acceptors (Lipinski definition) is 6. The first kappa shape index (κ1) is 20.4. The van der Waals surface area contributed by atoms with Crippen LogP contribution in [0.2, 0.25) is 0 Å². The van der Waals surface area contributed by atoms with E-state index < -0.39 is 0 Å². The molecule has 3 N–H and O–H groups in total. The second-order valence-electron chi connectivity index (χ2n) is 7.31. The molecule has 1 aromatic carbocycles. The van der Waals surface area contributed by atoms with Crippen molar-refractivity contribution in [2.75, 3.05) is 26.2 Å². The lowest BCUT2D eigenvalue weighted by Crippen LogP contribution is -2.36. The average molecular weight is 386 g/mol. The van der Waals surface area contributed by atoms with E-state index in [1.165, 1.54) is 43.1 Å². The zero-order valence-corrected chi connectivity index (χ0v) is 16.4. The molecule has 1 fully saturated rings. The molecule has 3 rings (SSSR count). The Hall–Kier alpha value is -2.32. The van der Waals surface area contributed by atoms with E-state index in [4.69, 9.17) is 0 Å². The number of unbranched alkanes of at least 4 members (excludes halogenated alkanes) is 1. The van der Waals surface area contributed by atoms with Crippen LogP contribution in [0, 0.1) is 0 Å². The fourth-order valence-electron chi connectivity index (χ4n) is 3.54. The minimum Gasteiger partial charge on any atom is -0.352 e. The van der Waals surface area contributed by atoms with Gasteiger partial charge >= 0.3 is 0 Å². The molecule has 0 spiro atoms. The first-order valence-electron chi connectivity index (χ1n) is 10.4. The molecule has 0 aliphatic heterocycles. The number of rotatable bonds is 11. The first-order valence-corrected chi connectivity index (χ1v) is 10.4. The summed E-state index contributed by atoms with van der Waals surface area (Å²) in [7, 11) is 0. The number of nitrogens with zero attached hydrogens (tertiary/aromatic N) is 4.